The van der Waals surface area contributed by atoms with Crippen LogP contribution in [0.4, 0.5) is 21.9 Å². The second kappa shape index (κ2) is 28.7. The largest absolute Gasteiger partial charge is 0.481 e. The molecule has 2 rings (SSSR count). The standard InChI is InChI=1S/C33H50N8O17/c42-30(43)7-6-28(32(46)47)36-33(48)35-27(31(44)45)3-1-2-9-39-22-24(37-38-39)8-10-53-11-12-54-13-14-55-15-16-56-17-18-57-19-20-58-23-34-26-5-4-25(40(49)50)21-29(26)41(51)52/h4-5,21-22,27-28,34H,1-3,6-20,23H2,(H,42,43)(H,44,45)(H,46,47)(H2,35,36,48)/t27-,28-/m0/s1. The molecule has 58 heavy (non-hydrogen) atoms. The van der Waals surface area contributed by atoms with Crippen molar-refractivity contribution < 1.29 is 72.8 Å². The number of amides is 2. The van der Waals surface area contributed by atoms with Crippen LogP contribution in [0.5, 0.6) is 0 Å². The fourth-order valence-corrected chi connectivity index (χ4v) is 4.74. The van der Waals surface area contributed by atoms with Crippen LogP contribution in [0.15, 0.2) is 24.4 Å². The number of aryl methyl sites for hydroxylation is 1. The SMILES string of the molecule is O=C(O)CC[C@H](NC(=O)N[C@@H](CCCCn1cc(CCOCCOCCOCCOCCOCCOCNc2ccc([N+](=O)[O-])cc2[N+](=O)[O-])nn1)C(=O)O)C(=O)O. The van der Waals surface area contributed by atoms with Crippen molar-refractivity contribution in [3.8, 4) is 0 Å². The van der Waals surface area contributed by atoms with Gasteiger partial charge in [0, 0.05) is 31.6 Å². The average molecular weight is 831 g/mol. The summed E-state index contributed by atoms with van der Waals surface area (Å²) in [4.78, 5) is 66.2. The Bertz CT molecular complexity index is 1580. The van der Waals surface area contributed by atoms with Crippen LogP contribution in [0.2, 0.25) is 0 Å². The van der Waals surface area contributed by atoms with Gasteiger partial charge >= 0.3 is 23.9 Å². The minimum Gasteiger partial charge on any atom is -0.481 e. The van der Waals surface area contributed by atoms with E-state index in [9.17, 15) is 44.5 Å². The van der Waals surface area contributed by atoms with Gasteiger partial charge < -0.3 is 59.7 Å². The lowest BCUT2D eigenvalue weighted by Crippen LogP contribution is -2.51. The molecule has 2 amide bonds. The monoisotopic (exact) mass is 830 g/mol. The number of nitro groups is 2. The van der Waals surface area contributed by atoms with Crippen LogP contribution in [0, 0.1) is 20.2 Å². The maximum absolute atomic E-state index is 12.1. The van der Waals surface area contributed by atoms with Gasteiger partial charge in [-0.3, -0.25) is 29.7 Å². The number of hydrogen-bond donors (Lipinski definition) is 6. The van der Waals surface area contributed by atoms with Crippen molar-refractivity contribution in [1.82, 2.24) is 25.6 Å². The summed E-state index contributed by atoms with van der Waals surface area (Å²) in [5.41, 5.74) is -0.00540. The van der Waals surface area contributed by atoms with Gasteiger partial charge in [0.25, 0.3) is 11.4 Å². The van der Waals surface area contributed by atoms with Crippen molar-refractivity contribution in [2.45, 2.75) is 57.2 Å². The first-order chi connectivity index (χ1) is 27.9. The van der Waals surface area contributed by atoms with E-state index in [-0.39, 0.29) is 44.2 Å². The molecule has 25 heteroatoms. The average Bonchev–Trinajstić information content (AvgIpc) is 3.63. The minimum absolute atomic E-state index is 0.0545. The highest BCUT2D eigenvalue weighted by Crippen LogP contribution is 2.28. The summed E-state index contributed by atoms with van der Waals surface area (Å²) < 4.78 is 34.2. The number of rotatable bonds is 35. The maximum Gasteiger partial charge on any atom is 0.326 e. The molecule has 0 aliphatic carbocycles. The molecule has 2 atom stereocenters. The molecule has 0 fully saturated rings. The van der Waals surface area contributed by atoms with Crippen molar-refractivity contribution in [2.24, 2.45) is 0 Å². The van der Waals surface area contributed by atoms with Crippen LogP contribution in [0.1, 0.15) is 37.8 Å². The lowest BCUT2D eigenvalue weighted by molar-refractivity contribution is -0.393. The van der Waals surface area contributed by atoms with Crippen LogP contribution in [0.3, 0.4) is 0 Å². The Morgan fingerprint density at radius 3 is 1.78 bits per heavy atom. The maximum atomic E-state index is 12.1. The number of benzene rings is 1. The number of hydrogen-bond acceptors (Lipinski definition) is 17. The number of carboxylic acids is 3. The summed E-state index contributed by atoms with van der Waals surface area (Å²) in [6.45, 7) is 4.18. The number of carboxylic acid groups (broad SMARTS) is 3. The van der Waals surface area contributed by atoms with E-state index in [4.69, 9.17) is 38.6 Å². The lowest BCUT2D eigenvalue weighted by atomic mass is 10.1. The number of non-ortho nitro benzene ring substituents is 1. The Morgan fingerprint density at radius 1 is 0.724 bits per heavy atom. The van der Waals surface area contributed by atoms with Gasteiger partial charge in [0.05, 0.1) is 94.3 Å². The van der Waals surface area contributed by atoms with Gasteiger partial charge in [-0.2, -0.15) is 0 Å². The fourth-order valence-electron chi connectivity index (χ4n) is 4.74. The molecule has 25 nitrogen and oxygen atoms in total. The highest BCUT2D eigenvalue weighted by molar-refractivity contribution is 5.86. The second-order valence-electron chi connectivity index (χ2n) is 12.1. The Kier molecular flexibility index (Phi) is 24.1. The second-order valence-corrected chi connectivity index (χ2v) is 12.1. The molecule has 0 aliphatic rings. The lowest BCUT2D eigenvalue weighted by Gasteiger charge is -2.18. The quantitative estimate of drug-likeness (QED) is 0.0245. The van der Waals surface area contributed by atoms with Gasteiger partial charge in [-0.05, 0) is 31.7 Å². The first kappa shape index (κ1) is 48.5. The molecule has 0 radical (unpaired) electrons. The number of anilines is 1. The van der Waals surface area contributed by atoms with Crippen LogP contribution in [0.25, 0.3) is 0 Å². The fraction of sp³-hybridized carbons (Fsp3) is 0.636. The summed E-state index contributed by atoms with van der Waals surface area (Å²) in [5.74, 6) is -3.96. The summed E-state index contributed by atoms with van der Waals surface area (Å²) in [5, 5.41) is 64.4. The molecular formula is C33H50N8O17. The molecule has 1 aromatic carbocycles. The van der Waals surface area contributed by atoms with Crippen molar-refractivity contribution >= 4 is 41.0 Å². The number of nitro benzene ring substituents is 2. The van der Waals surface area contributed by atoms with E-state index in [2.05, 4.69) is 26.3 Å². The van der Waals surface area contributed by atoms with E-state index in [1.807, 2.05) is 0 Å². The first-order valence-electron chi connectivity index (χ1n) is 18.1. The normalized spacial score (nSPS) is 12.1. The summed E-state index contributed by atoms with van der Waals surface area (Å²) >= 11 is 0. The molecule has 0 aliphatic heterocycles. The molecule has 1 heterocycles. The van der Waals surface area contributed by atoms with Crippen LogP contribution in [-0.2, 0) is 55.8 Å². The smallest absolute Gasteiger partial charge is 0.326 e. The van der Waals surface area contributed by atoms with E-state index in [1.165, 1.54) is 6.07 Å². The first-order valence-corrected chi connectivity index (χ1v) is 18.1. The van der Waals surface area contributed by atoms with Gasteiger partial charge in [-0.15, -0.1) is 5.10 Å². The summed E-state index contributed by atoms with van der Waals surface area (Å²) in [6.07, 6.45) is 2.44. The van der Waals surface area contributed by atoms with Crippen molar-refractivity contribution in [1.29, 1.82) is 0 Å². The summed E-state index contributed by atoms with van der Waals surface area (Å²) in [7, 11) is 0. The number of aliphatic carboxylic acids is 3. The van der Waals surface area contributed by atoms with E-state index in [1.54, 1.807) is 10.9 Å². The van der Waals surface area contributed by atoms with E-state index in [0.29, 0.717) is 91.0 Å². The van der Waals surface area contributed by atoms with Gasteiger partial charge in [0.2, 0.25) is 0 Å². The van der Waals surface area contributed by atoms with Gasteiger partial charge in [0.1, 0.15) is 24.5 Å². The van der Waals surface area contributed by atoms with E-state index in [0.717, 1.165) is 12.1 Å². The third-order valence-electron chi connectivity index (χ3n) is 7.69. The zero-order chi connectivity index (χ0) is 42.5. The topological polar surface area (TPSA) is 337 Å². The third-order valence-corrected chi connectivity index (χ3v) is 7.69. The molecule has 1 aromatic heterocycles. The zero-order valence-corrected chi connectivity index (χ0v) is 31.7. The number of unbranched alkanes of at least 4 members (excludes halogenated alkanes) is 1. The Labute approximate surface area is 331 Å². The molecule has 0 saturated carbocycles. The number of carbonyl (C=O) groups is 4. The Balaban J connectivity index is 1.39. The molecule has 6 N–H and O–H groups in total. The molecule has 0 unspecified atom stereocenters. The van der Waals surface area contributed by atoms with Crippen LogP contribution >= 0.6 is 0 Å². The highest BCUT2D eigenvalue weighted by Gasteiger charge is 2.25. The number of nitrogens with zero attached hydrogens (tertiary/aromatic N) is 5. The molecule has 324 valence electrons. The molecule has 0 spiro atoms. The van der Waals surface area contributed by atoms with E-state index >= 15 is 0 Å². The number of nitrogens with one attached hydrogen (secondary N) is 3. The Hall–Kier alpha value is -5.60. The summed E-state index contributed by atoms with van der Waals surface area (Å²) in [6, 6.07) is -0.493. The van der Waals surface area contributed by atoms with Crippen molar-refractivity contribution in [3.05, 3.63) is 50.3 Å². The highest BCUT2D eigenvalue weighted by atomic mass is 16.6. The molecular weight excluding hydrogens is 780 g/mol. The Morgan fingerprint density at radius 2 is 1.26 bits per heavy atom. The van der Waals surface area contributed by atoms with Crippen LogP contribution < -0.4 is 16.0 Å². The van der Waals surface area contributed by atoms with Gasteiger partial charge in [-0.25, -0.2) is 14.4 Å². The van der Waals surface area contributed by atoms with Crippen LogP contribution in [-0.4, -0.2) is 156 Å². The number of carbonyl (C=O) groups excluding carboxylic acids is 1. The van der Waals surface area contributed by atoms with Gasteiger partial charge in [-0.1, -0.05) is 5.21 Å². The number of aromatic nitrogens is 3. The predicted octanol–water partition coefficient (Wildman–Crippen LogP) is 1.05. The molecule has 0 saturated heterocycles. The number of ether oxygens (including phenoxy) is 6. The predicted molar refractivity (Wildman–Crippen MR) is 197 cm³/mol. The van der Waals surface area contributed by atoms with Crippen molar-refractivity contribution in [2.75, 3.05) is 84.7 Å². The number of urea groups is 1. The molecule has 2 aromatic rings. The zero-order valence-electron chi connectivity index (χ0n) is 31.7. The molecule has 0 bridgehead atoms. The third kappa shape index (κ3) is 21.6. The van der Waals surface area contributed by atoms with Crippen molar-refractivity contribution in [3.63, 3.8) is 0 Å². The minimum atomic E-state index is -1.48. The van der Waals surface area contributed by atoms with Gasteiger partial charge in [0.15, 0.2) is 0 Å². The van der Waals surface area contributed by atoms with E-state index < -0.39 is 58.0 Å².